The van der Waals surface area contributed by atoms with E-state index in [4.69, 9.17) is 10.5 Å². The maximum absolute atomic E-state index is 13.5. The fourth-order valence-electron chi connectivity index (χ4n) is 2.50. The highest BCUT2D eigenvalue weighted by Crippen LogP contribution is 2.27. The second kappa shape index (κ2) is 6.04. The number of rotatable bonds is 4. The molecule has 0 spiro atoms. The van der Waals surface area contributed by atoms with E-state index in [1.54, 1.807) is 24.3 Å². The first kappa shape index (κ1) is 15.5. The number of hydrogen-bond acceptors (Lipinski definition) is 4. The molecule has 0 bridgehead atoms. The van der Waals surface area contributed by atoms with Gasteiger partial charge in [0.15, 0.2) is 0 Å². The molecule has 24 heavy (non-hydrogen) atoms. The van der Waals surface area contributed by atoms with E-state index in [0.29, 0.717) is 34.8 Å². The number of nitrogen functional groups attached to an aromatic ring is 1. The molecule has 0 fully saturated rings. The van der Waals surface area contributed by atoms with Crippen molar-refractivity contribution in [3.8, 4) is 22.7 Å². The van der Waals surface area contributed by atoms with Crippen LogP contribution in [0.3, 0.4) is 0 Å². The van der Waals surface area contributed by atoms with Crippen LogP contribution in [0, 0.1) is 5.82 Å². The van der Waals surface area contributed by atoms with Crippen LogP contribution in [0.4, 0.5) is 10.1 Å². The zero-order chi connectivity index (χ0) is 17.3. The van der Waals surface area contributed by atoms with E-state index < -0.39 is 11.5 Å². The Balaban J connectivity index is 2.27. The quantitative estimate of drug-likeness (QED) is 0.588. The Labute approximate surface area is 136 Å². The van der Waals surface area contributed by atoms with Gasteiger partial charge in [-0.25, -0.2) is 13.8 Å². The minimum absolute atomic E-state index is 0.339. The molecular formula is C17H14FN3O3. The molecule has 0 atom stereocenters. The lowest BCUT2D eigenvalue weighted by molar-refractivity contribution is 0.417. The summed E-state index contributed by atoms with van der Waals surface area (Å²) < 4.78 is 20.8. The summed E-state index contributed by atoms with van der Waals surface area (Å²) in [5.74, 6) is 0.0218. The third-order valence-corrected chi connectivity index (χ3v) is 3.62. The predicted molar refractivity (Wildman–Crippen MR) is 88.5 cm³/mol. The molecule has 0 aliphatic rings. The van der Waals surface area contributed by atoms with Gasteiger partial charge in [-0.3, -0.25) is 9.36 Å². The standard InChI is InChI=1S/C17H14FN3O3/c1-24-16-6-5-13(8-14(16)19)21-15(9-20(10-22)17(21)23)11-3-2-4-12(18)7-11/h2-10H,19H2,1H3. The normalized spacial score (nSPS) is 10.6. The van der Waals surface area contributed by atoms with E-state index in [2.05, 4.69) is 0 Å². The second-order valence-corrected chi connectivity index (χ2v) is 5.08. The largest absolute Gasteiger partial charge is 0.495 e. The number of halogens is 1. The monoisotopic (exact) mass is 327 g/mol. The summed E-state index contributed by atoms with van der Waals surface area (Å²) in [5, 5.41) is 0. The van der Waals surface area contributed by atoms with Crippen molar-refractivity contribution in [2.45, 2.75) is 0 Å². The van der Waals surface area contributed by atoms with Gasteiger partial charge in [0.1, 0.15) is 11.6 Å². The number of hydrogen-bond donors (Lipinski definition) is 1. The number of ether oxygens (including phenoxy) is 1. The summed E-state index contributed by atoms with van der Waals surface area (Å²) in [6.07, 6.45) is 1.75. The van der Waals surface area contributed by atoms with Crippen LogP contribution in [0.5, 0.6) is 5.75 Å². The average Bonchev–Trinajstić information content (AvgIpc) is 2.91. The first-order valence-corrected chi connectivity index (χ1v) is 7.04. The summed E-state index contributed by atoms with van der Waals surface area (Å²) in [7, 11) is 1.48. The molecule has 122 valence electrons. The van der Waals surface area contributed by atoms with Gasteiger partial charge < -0.3 is 10.5 Å². The van der Waals surface area contributed by atoms with E-state index in [1.807, 2.05) is 0 Å². The Bertz CT molecular complexity index is 975. The number of nitrogens with zero attached hydrogens (tertiary/aromatic N) is 2. The number of anilines is 1. The van der Waals surface area contributed by atoms with Gasteiger partial charge in [0.2, 0.25) is 6.41 Å². The van der Waals surface area contributed by atoms with Crippen molar-refractivity contribution in [2.75, 3.05) is 12.8 Å². The molecule has 0 radical (unpaired) electrons. The van der Waals surface area contributed by atoms with Gasteiger partial charge >= 0.3 is 5.69 Å². The topological polar surface area (TPSA) is 79.2 Å². The lowest BCUT2D eigenvalue weighted by Crippen LogP contribution is -2.23. The van der Waals surface area contributed by atoms with E-state index in [-0.39, 0.29) is 0 Å². The molecule has 3 aromatic rings. The first-order chi connectivity index (χ1) is 11.5. The number of carbonyl (C=O) groups is 1. The molecule has 0 aliphatic carbocycles. The van der Waals surface area contributed by atoms with Crippen molar-refractivity contribution >= 4 is 12.1 Å². The molecule has 0 unspecified atom stereocenters. The Morgan fingerprint density at radius 1 is 1.21 bits per heavy atom. The van der Waals surface area contributed by atoms with Gasteiger partial charge in [-0.2, -0.15) is 0 Å². The van der Waals surface area contributed by atoms with Crippen LogP contribution >= 0.6 is 0 Å². The van der Waals surface area contributed by atoms with Crippen LogP contribution in [0.2, 0.25) is 0 Å². The minimum atomic E-state index is -0.575. The zero-order valence-corrected chi connectivity index (χ0v) is 12.8. The van der Waals surface area contributed by atoms with Gasteiger partial charge in [0.05, 0.1) is 24.2 Å². The highest BCUT2D eigenvalue weighted by molar-refractivity contribution is 5.67. The number of nitrogens with two attached hydrogens (primary N) is 1. The molecule has 2 N–H and O–H groups in total. The van der Waals surface area contributed by atoms with Gasteiger partial charge in [-0.15, -0.1) is 0 Å². The summed E-state index contributed by atoms with van der Waals surface area (Å²) in [6, 6.07) is 10.6. The van der Waals surface area contributed by atoms with Crippen LogP contribution in [0.15, 0.2) is 53.5 Å². The first-order valence-electron chi connectivity index (χ1n) is 7.04. The Kier molecular flexibility index (Phi) is 3.91. The van der Waals surface area contributed by atoms with Gasteiger partial charge in [0, 0.05) is 11.8 Å². The van der Waals surface area contributed by atoms with E-state index in [1.165, 1.54) is 36.1 Å². The molecule has 0 aliphatic heterocycles. The van der Waals surface area contributed by atoms with Crippen molar-refractivity contribution in [1.29, 1.82) is 0 Å². The molecule has 7 heteroatoms. The molecule has 3 rings (SSSR count). The Morgan fingerprint density at radius 3 is 2.62 bits per heavy atom. The SMILES string of the molecule is COc1ccc(-n2c(-c3cccc(F)c3)cn(C=O)c2=O)cc1N. The molecule has 0 saturated carbocycles. The molecule has 2 aromatic carbocycles. The summed E-state index contributed by atoms with van der Waals surface area (Å²) in [4.78, 5) is 23.6. The molecule has 6 nitrogen and oxygen atoms in total. The maximum Gasteiger partial charge on any atom is 0.339 e. The molecule has 0 saturated heterocycles. The van der Waals surface area contributed by atoms with Crippen molar-refractivity contribution < 1.29 is 13.9 Å². The number of benzene rings is 2. The van der Waals surface area contributed by atoms with Crippen molar-refractivity contribution in [3.05, 3.63) is 65.0 Å². The molecule has 0 amide bonds. The van der Waals surface area contributed by atoms with Crippen molar-refractivity contribution in [1.82, 2.24) is 9.13 Å². The van der Waals surface area contributed by atoms with Crippen molar-refractivity contribution in [3.63, 3.8) is 0 Å². The number of imidazole rings is 1. The van der Waals surface area contributed by atoms with Crippen LogP contribution < -0.4 is 16.2 Å². The fourth-order valence-corrected chi connectivity index (χ4v) is 2.50. The van der Waals surface area contributed by atoms with Gasteiger partial charge in [-0.1, -0.05) is 12.1 Å². The highest BCUT2D eigenvalue weighted by atomic mass is 19.1. The van der Waals surface area contributed by atoms with Gasteiger partial charge in [0.25, 0.3) is 0 Å². The number of carbonyl (C=O) groups excluding carboxylic acids is 1. The van der Waals surface area contributed by atoms with E-state index >= 15 is 0 Å². The van der Waals surface area contributed by atoms with Gasteiger partial charge in [-0.05, 0) is 30.3 Å². The third kappa shape index (κ3) is 2.56. The molecule has 1 aromatic heterocycles. The van der Waals surface area contributed by atoms with E-state index in [0.717, 1.165) is 4.57 Å². The average molecular weight is 327 g/mol. The van der Waals surface area contributed by atoms with Crippen LogP contribution in [0.25, 0.3) is 16.9 Å². The third-order valence-electron chi connectivity index (χ3n) is 3.62. The van der Waals surface area contributed by atoms with Crippen LogP contribution in [-0.4, -0.2) is 22.7 Å². The summed E-state index contributed by atoms with van der Waals surface area (Å²) in [6.45, 7) is 0. The minimum Gasteiger partial charge on any atom is -0.495 e. The Hall–Kier alpha value is -3.35. The second-order valence-electron chi connectivity index (χ2n) is 5.08. The van der Waals surface area contributed by atoms with E-state index in [9.17, 15) is 14.0 Å². The number of methoxy groups -OCH3 is 1. The lowest BCUT2D eigenvalue weighted by atomic mass is 10.1. The lowest BCUT2D eigenvalue weighted by Gasteiger charge is -2.10. The van der Waals surface area contributed by atoms with Crippen LogP contribution in [-0.2, 0) is 4.79 Å². The smallest absolute Gasteiger partial charge is 0.339 e. The number of aromatic nitrogens is 2. The fraction of sp³-hybridized carbons (Fsp3) is 0.0588. The van der Waals surface area contributed by atoms with Crippen molar-refractivity contribution in [2.24, 2.45) is 0 Å². The summed E-state index contributed by atoms with van der Waals surface area (Å²) >= 11 is 0. The molecular weight excluding hydrogens is 313 g/mol. The predicted octanol–water partition coefficient (Wildman–Crippen LogP) is 2.07. The van der Waals surface area contributed by atoms with Crippen LogP contribution in [0.1, 0.15) is 0 Å². The maximum atomic E-state index is 13.5. The zero-order valence-electron chi connectivity index (χ0n) is 12.8. The Morgan fingerprint density at radius 2 is 2.00 bits per heavy atom. The highest BCUT2D eigenvalue weighted by Gasteiger charge is 2.16. The molecule has 1 heterocycles. The summed E-state index contributed by atoms with van der Waals surface area (Å²) in [5.41, 5.74) is 6.93.